The molecule has 0 fully saturated rings. The molecular formula is C13H11N3O4S. The minimum absolute atomic E-state index is 0.132. The van der Waals surface area contributed by atoms with Gasteiger partial charge in [-0.1, -0.05) is 0 Å². The Labute approximate surface area is 123 Å². The minimum Gasteiger partial charge on any atom is -0.494 e. The third-order valence-electron chi connectivity index (χ3n) is 2.63. The van der Waals surface area contributed by atoms with E-state index in [1.54, 1.807) is 0 Å². The molecule has 108 valence electrons. The van der Waals surface area contributed by atoms with Crippen molar-refractivity contribution >= 4 is 28.8 Å². The number of carbonyl (C=O) groups is 1. The fraction of sp³-hybridized carbons (Fsp3) is 0.154. The summed E-state index contributed by atoms with van der Waals surface area (Å²) < 4.78 is 10.5. The average molecular weight is 305 g/mol. The molecule has 0 aliphatic rings. The van der Waals surface area contributed by atoms with Crippen molar-refractivity contribution in [1.82, 2.24) is 15.0 Å². The molecule has 3 rings (SSSR count). The van der Waals surface area contributed by atoms with Crippen LogP contribution in [-0.2, 0) is 0 Å². The number of imidazole rings is 1. The van der Waals surface area contributed by atoms with E-state index in [0.29, 0.717) is 11.8 Å². The van der Waals surface area contributed by atoms with Crippen LogP contribution in [0.15, 0.2) is 39.3 Å². The first kappa shape index (κ1) is 13.5. The van der Waals surface area contributed by atoms with Crippen LogP contribution >= 0.6 is 11.8 Å². The summed E-state index contributed by atoms with van der Waals surface area (Å²) in [6.45, 7) is 2.51. The van der Waals surface area contributed by atoms with Crippen LogP contribution in [0.4, 0.5) is 0 Å². The predicted octanol–water partition coefficient (Wildman–Crippen LogP) is 2.80. The molecule has 0 aliphatic heterocycles. The number of rotatable bonds is 5. The molecule has 0 aliphatic carbocycles. The number of hydrogen-bond donors (Lipinski definition) is 2. The smallest absolute Gasteiger partial charge is 0.357 e. The Kier molecular flexibility index (Phi) is 3.53. The van der Waals surface area contributed by atoms with Gasteiger partial charge in [-0.25, -0.2) is 9.78 Å². The second-order valence-corrected chi connectivity index (χ2v) is 5.00. The first-order valence-electron chi connectivity index (χ1n) is 6.15. The second kappa shape index (κ2) is 5.49. The van der Waals surface area contributed by atoms with Crippen molar-refractivity contribution in [2.45, 2.75) is 17.3 Å². The van der Waals surface area contributed by atoms with Gasteiger partial charge in [0.25, 0.3) is 5.22 Å². The molecule has 2 heterocycles. The first-order valence-corrected chi connectivity index (χ1v) is 6.96. The van der Waals surface area contributed by atoms with E-state index in [-0.39, 0.29) is 10.9 Å². The SMILES string of the molecule is CCOc1ccc2nc(Sc3nc(C(=O)O)co3)[nH]c2c1. The maximum atomic E-state index is 10.7. The molecule has 0 unspecified atom stereocenters. The number of carboxylic acids is 1. The zero-order valence-electron chi connectivity index (χ0n) is 11.0. The summed E-state index contributed by atoms with van der Waals surface area (Å²) in [6, 6.07) is 5.54. The van der Waals surface area contributed by atoms with Crippen LogP contribution in [0.25, 0.3) is 11.0 Å². The summed E-state index contributed by atoms with van der Waals surface area (Å²) in [5.41, 5.74) is 1.48. The molecule has 0 atom stereocenters. The lowest BCUT2D eigenvalue weighted by Gasteiger charge is -2.00. The molecule has 8 heteroatoms. The Balaban J connectivity index is 1.84. The molecule has 0 radical (unpaired) electrons. The number of aromatic nitrogens is 3. The number of aromatic carboxylic acids is 1. The lowest BCUT2D eigenvalue weighted by Crippen LogP contribution is -1.95. The fourth-order valence-corrected chi connectivity index (χ4v) is 2.47. The van der Waals surface area contributed by atoms with Crippen molar-refractivity contribution in [3.05, 3.63) is 30.2 Å². The van der Waals surface area contributed by atoms with Crippen molar-refractivity contribution in [3.63, 3.8) is 0 Å². The zero-order valence-corrected chi connectivity index (χ0v) is 11.8. The number of oxazole rings is 1. The maximum absolute atomic E-state index is 10.7. The van der Waals surface area contributed by atoms with Crippen LogP contribution in [0.3, 0.4) is 0 Å². The van der Waals surface area contributed by atoms with E-state index in [2.05, 4.69) is 15.0 Å². The molecule has 0 bridgehead atoms. The van der Waals surface area contributed by atoms with Crippen LogP contribution in [0.2, 0.25) is 0 Å². The monoisotopic (exact) mass is 305 g/mol. The van der Waals surface area contributed by atoms with Gasteiger partial charge in [0.1, 0.15) is 12.0 Å². The molecule has 0 spiro atoms. The third kappa shape index (κ3) is 2.84. The van der Waals surface area contributed by atoms with Gasteiger partial charge in [-0.2, -0.15) is 4.98 Å². The Hall–Kier alpha value is -2.48. The summed E-state index contributed by atoms with van der Waals surface area (Å²) in [7, 11) is 0. The van der Waals surface area contributed by atoms with Gasteiger partial charge < -0.3 is 19.2 Å². The molecule has 3 aromatic rings. The number of ether oxygens (including phenoxy) is 1. The summed E-state index contributed by atoms with van der Waals surface area (Å²) in [5, 5.41) is 9.58. The number of fused-ring (bicyclic) bond motifs is 1. The van der Waals surface area contributed by atoms with E-state index >= 15 is 0 Å². The predicted molar refractivity (Wildman–Crippen MR) is 74.8 cm³/mol. The molecule has 2 aromatic heterocycles. The molecule has 1 aromatic carbocycles. The fourth-order valence-electron chi connectivity index (χ4n) is 1.76. The Morgan fingerprint density at radius 2 is 2.33 bits per heavy atom. The lowest BCUT2D eigenvalue weighted by atomic mass is 10.3. The largest absolute Gasteiger partial charge is 0.494 e. The number of nitrogens with zero attached hydrogens (tertiary/aromatic N) is 2. The molecule has 0 saturated carbocycles. The van der Waals surface area contributed by atoms with Gasteiger partial charge >= 0.3 is 5.97 Å². The van der Waals surface area contributed by atoms with E-state index in [1.165, 1.54) is 0 Å². The van der Waals surface area contributed by atoms with Gasteiger partial charge in [-0.15, -0.1) is 0 Å². The summed E-state index contributed by atoms with van der Waals surface area (Å²) in [5.74, 6) is -0.369. The van der Waals surface area contributed by atoms with E-state index in [9.17, 15) is 4.79 Å². The standard InChI is InChI=1S/C13H11N3O4S/c1-2-19-7-3-4-8-9(5-7)15-12(14-8)21-13-16-10(6-20-13)11(17)18/h3-6H,2H2,1H3,(H,14,15)(H,17,18). The molecule has 7 nitrogen and oxygen atoms in total. The highest BCUT2D eigenvalue weighted by Crippen LogP contribution is 2.28. The van der Waals surface area contributed by atoms with E-state index in [4.69, 9.17) is 14.3 Å². The molecular weight excluding hydrogens is 294 g/mol. The number of carboxylic acid groups (broad SMARTS) is 1. The minimum atomic E-state index is -1.13. The van der Waals surface area contributed by atoms with Crippen LogP contribution in [-0.4, -0.2) is 32.6 Å². The van der Waals surface area contributed by atoms with E-state index < -0.39 is 5.97 Å². The molecule has 2 N–H and O–H groups in total. The van der Waals surface area contributed by atoms with Crippen molar-refractivity contribution < 1.29 is 19.1 Å². The number of aromatic amines is 1. The number of nitrogens with one attached hydrogen (secondary N) is 1. The molecule has 21 heavy (non-hydrogen) atoms. The Bertz CT molecular complexity index is 796. The van der Waals surface area contributed by atoms with Gasteiger partial charge in [-0.05, 0) is 19.1 Å². The van der Waals surface area contributed by atoms with E-state index in [1.807, 2.05) is 25.1 Å². The third-order valence-corrected chi connectivity index (χ3v) is 3.38. The van der Waals surface area contributed by atoms with Gasteiger partial charge in [-0.3, -0.25) is 0 Å². The summed E-state index contributed by atoms with van der Waals surface area (Å²) in [6.07, 6.45) is 1.10. The first-order chi connectivity index (χ1) is 10.2. The van der Waals surface area contributed by atoms with E-state index in [0.717, 1.165) is 34.8 Å². The number of benzene rings is 1. The van der Waals surface area contributed by atoms with Crippen molar-refractivity contribution in [1.29, 1.82) is 0 Å². The number of hydrogen-bond acceptors (Lipinski definition) is 6. The summed E-state index contributed by atoms with van der Waals surface area (Å²) >= 11 is 1.12. The molecule has 0 amide bonds. The Morgan fingerprint density at radius 3 is 3.05 bits per heavy atom. The maximum Gasteiger partial charge on any atom is 0.357 e. The highest BCUT2D eigenvalue weighted by atomic mass is 32.2. The quantitative estimate of drug-likeness (QED) is 0.747. The highest BCUT2D eigenvalue weighted by molar-refractivity contribution is 7.99. The topological polar surface area (TPSA) is 101 Å². The lowest BCUT2D eigenvalue weighted by molar-refractivity contribution is 0.0690. The number of H-pyrrole nitrogens is 1. The van der Waals surface area contributed by atoms with Gasteiger partial charge in [0.15, 0.2) is 10.9 Å². The van der Waals surface area contributed by atoms with Crippen LogP contribution in [0.1, 0.15) is 17.4 Å². The van der Waals surface area contributed by atoms with Gasteiger partial charge in [0, 0.05) is 17.8 Å². The second-order valence-electron chi connectivity index (χ2n) is 4.06. The Morgan fingerprint density at radius 1 is 1.48 bits per heavy atom. The van der Waals surface area contributed by atoms with Crippen LogP contribution in [0.5, 0.6) is 5.75 Å². The zero-order chi connectivity index (χ0) is 14.8. The van der Waals surface area contributed by atoms with Crippen molar-refractivity contribution in [2.24, 2.45) is 0 Å². The van der Waals surface area contributed by atoms with Crippen LogP contribution < -0.4 is 4.74 Å². The average Bonchev–Trinajstić information content (AvgIpc) is 3.05. The highest BCUT2D eigenvalue weighted by Gasteiger charge is 2.13. The van der Waals surface area contributed by atoms with Gasteiger partial charge in [0.2, 0.25) is 0 Å². The normalized spacial score (nSPS) is 10.9. The summed E-state index contributed by atoms with van der Waals surface area (Å²) in [4.78, 5) is 22.0. The van der Waals surface area contributed by atoms with Crippen LogP contribution in [0, 0.1) is 0 Å². The van der Waals surface area contributed by atoms with Crippen molar-refractivity contribution in [3.8, 4) is 5.75 Å². The molecule has 0 saturated heterocycles. The van der Waals surface area contributed by atoms with Gasteiger partial charge in [0.05, 0.1) is 17.6 Å². The van der Waals surface area contributed by atoms with Crippen molar-refractivity contribution in [2.75, 3.05) is 6.61 Å².